The summed E-state index contributed by atoms with van der Waals surface area (Å²) in [5, 5.41) is 13.1. The molecule has 1 aliphatic carbocycles. The molecule has 1 aliphatic rings. The minimum Gasteiger partial charge on any atom is -0.378 e. The van der Waals surface area contributed by atoms with Crippen LogP contribution in [0.15, 0.2) is 48.5 Å². The zero-order chi connectivity index (χ0) is 17.7. The van der Waals surface area contributed by atoms with Gasteiger partial charge < -0.3 is 10.4 Å². The monoisotopic (exact) mass is 337 g/mol. The molecule has 0 saturated heterocycles. The first kappa shape index (κ1) is 17.2. The molecule has 128 valence electrons. The highest BCUT2D eigenvalue weighted by Gasteiger charge is 2.26. The van der Waals surface area contributed by atoms with Crippen LogP contribution in [0.3, 0.4) is 0 Å². The number of hydrogen-bond acceptors (Lipinski definition) is 2. The van der Waals surface area contributed by atoms with Gasteiger partial charge in [0.1, 0.15) is 11.4 Å². The minimum absolute atomic E-state index is 0.267. The molecule has 0 unspecified atom stereocenters. The Kier molecular flexibility index (Phi) is 5.16. The molecule has 0 aliphatic heterocycles. The fourth-order valence-electron chi connectivity index (χ4n) is 2.89. The number of anilines is 1. The molecule has 2 aromatic rings. The summed E-state index contributed by atoms with van der Waals surface area (Å²) in [6, 6.07) is 12.5. The molecule has 0 aromatic heterocycles. The topological polar surface area (TPSA) is 49.3 Å². The van der Waals surface area contributed by atoms with E-state index in [4.69, 9.17) is 0 Å². The van der Waals surface area contributed by atoms with Gasteiger partial charge in [-0.05, 0) is 74.2 Å². The molecule has 1 amide bonds. The third-order valence-electron chi connectivity index (χ3n) is 4.37. The van der Waals surface area contributed by atoms with Gasteiger partial charge in [0.2, 0.25) is 0 Å². The molecule has 0 spiro atoms. The van der Waals surface area contributed by atoms with Crippen molar-refractivity contribution in [2.75, 3.05) is 5.32 Å². The van der Waals surface area contributed by atoms with Crippen molar-refractivity contribution in [3.8, 4) is 11.8 Å². The van der Waals surface area contributed by atoms with E-state index < -0.39 is 5.60 Å². The molecule has 0 atom stereocenters. The Hall–Kier alpha value is -2.64. The molecular formula is C21H20FNO2. The van der Waals surface area contributed by atoms with Gasteiger partial charge in [0, 0.05) is 16.8 Å². The van der Waals surface area contributed by atoms with Crippen LogP contribution in [0, 0.1) is 17.7 Å². The van der Waals surface area contributed by atoms with Crippen LogP contribution in [-0.4, -0.2) is 16.6 Å². The van der Waals surface area contributed by atoms with E-state index >= 15 is 0 Å². The maximum absolute atomic E-state index is 12.9. The number of halogens is 1. The predicted octanol–water partition coefficient (Wildman–Crippen LogP) is 4.12. The van der Waals surface area contributed by atoms with Crippen molar-refractivity contribution in [1.82, 2.24) is 0 Å². The van der Waals surface area contributed by atoms with Crippen molar-refractivity contribution in [3.63, 3.8) is 0 Å². The highest BCUT2D eigenvalue weighted by atomic mass is 19.1. The maximum Gasteiger partial charge on any atom is 0.255 e. The lowest BCUT2D eigenvalue weighted by Gasteiger charge is -2.26. The smallest absolute Gasteiger partial charge is 0.255 e. The maximum atomic E-state index is 12.9. The van der Waals surface area contributed by atoms with Crippen LogP contribution in [0.25, 0.3) is 0 Å². The molecule has 0 bridgehead atoms. The number of nitrogens with one attached hydrogen (secondary N) is 1. The van der Waals surface area contributed by atoms with E-state index in [0.717, 1.165) is 37.7 Å². The average molecular weight is 337 g/mol. The first-order chi connectivity index (χ1) is 12.0. The molecule has 0 radical (unpaired) electrons. The second-order valence-electron chi connectivity index (χ2n) is 6.38. The number of aliphatic hydroxyl groups is 1. The predicted molar refractivity (Wildman–Crippen MR) is 95.7 cm³/mol. The highest BCUT2D eigenvalue weighted by molar-refractivity contribution is 6.04. The number of carbonyl (C=O) groups is 1. The van der Waals surface area contributed by atoms with Gasteiger partial charge in [-0.25, -0.2) is 4.39 Å². The van der Waals surface area contributed by atoms with E-state index in [0.29, 0.717) is 11.3 Å². The van der Waals surface area contributed by atoms with E-state index in [1.165, 1.54) is 24.3 Å². The van der Waals surface area contributed by atoms with Crippen LogP contribution in [0.4, 0.5) is 10.1 Å². The summed E-state index contributed by atoms with van der Waals surface area (Å²) < 4.78 is 12.9. The second kappa shape index (κ2) is 7.50. The Labute approximate surface area is 146 Å². The van der Waals surface area contributed by atoms with Gasteiger partial charge in [-0.2, -0.15) is 0 Å². The molecule has 1 fully saturated rings. The Morgan fingerprint density at radius 1 is 1.00 bits per heavy atom. The number of benzene rings is 2. The SMILES string of the molecule is O=C(Nc1ccc(F)cc1)c1ccc(C#CC2(O)CCCCC2)cc1. The zero-order valence-corrected chi connectivity index (χ0v) is 13.9. The van der Waals surface area contributed by atoms with Crippen molar-refractivity contribution in [2.45, 2.75) is 37.7 Å². The largest absolute Gasteiger partial charge is 0.378 e. The third kappa shape index (κ3) is 4.68. The van der Waals surface area contributed by atoms with E-state index in [1.54, 1.807) is 24.3 Å². The summed E-state index contributed by atoms with van der Waals surface area (Å²) in [5.74, 6) is 5.37. The molecule has 3 nitrogen and oxygen atoms in total. The van der Waals surface area contributed by atoms with E-state index in [2.05, 4.69) is 17.2 Å². The molecular weight excluding hydrogens is 317 g/mol. The summed E-state index contributed by atoms with van der Waals surface area (Å²) >= 11 is 0. The lowest BCUT2D eigenvalue weighted by molar-refractivity contribution is 0.0610. The lowest BCUT2D eigenvalue weighted by atomic mass is 9.85. The van der Waals surface area contributed by atoms with Crippen molar-refractivity contribution < 1.29 is 14.3 Å². The Bertz CT molecular complexity index is 795. The minimum atomic E-state index is -0.878. The van der Waals surface area contributed by atoms with Crippen LogP contribution in [0.5, 0.6) is 0 Å². The fourth-order valence-corrected chi connectivity index (χ4v) is 2.89. The quantitative estimate of drug-likeness (QED) is 0.810. The number of carbonyl (C=O) groups excluding carboxylic acids is 1. The summed E-state index contributed by atoms with van der Waals surface area (Å²) in [7, 11) is 0. The molecule has 1 saturated carbocycles. The fraction of sp³-hybridized carbons (Fsp3) is 0.286. The molecule has 25 heavy (non-hydrogen) atoms. The first-order valence-electron chi connectivity index (χ1n) is 8.47. The van der Waals surface area contributed by atoms with Crippen LogP contribution < -0.4 is 5.32 Å². The van der Waals surface area contributed by atoms with Crippen molar-refractivity contribution in [3.05, 3.63) is 65.5 Å². The van der Waals surface area contributed by atoms with Gasteiger partial charge in [0.05, 0.1) is 0 Å². The van der Waals surface area contributed by atoms with Gasteiger partial charge in [-0.3, -0.25) is 4.79 Å². The van der Waals surface area contributed by atoms with E-state index in [9.17, 15) is 14.3 Å². The van der Waals surface area contributed by atoms with E-state index in [1.807, 2.05) is 0 Å². The normalized spacial score (nSPS) is 15.8. The lowest BCUT2D eigenvalue weighted by Crippen LogP contribution is -2.29. The summed E-state index contributed by atoms with van der Waals surface area (Å²) in [6.45, 7) is 0. The van der Waals surface area contributed by atoms with Gasteiger partial charge in [0.15, 0.2) is 0 Å². The Balaban J connectivity index is 1.65. The summed E-state index contributed by atoms with van der Waals surface area (Å²) in [4.78, 5) is 12.2. The third-order valence-corrected chi connectivity index (χ3v) is 4.37. The van der Waals surface area contributed by atoms with Crippen LogP contribution in [0.1, 0.15) is 48.0 Å². The van der Waals surface area contributed by atoms with Gasteiger partial charge >= 0.3 is 0 Å². The van der Waals surface area contributed by atoms with Crippen molar-refractivity contribution >= 4 is 11.6 Å². The van der Waals surface area contributed by atoms with Crippen molar-refractivity contribution in [2.24, 2.45) is 0 Å². The van der Waals surface area contributed by atoms with Crippen LogP contribution in [0.2, 0.25) is 0 Å². The van der Waals surface area contributed by atoms with Gasteiger partial charge in [-0.15, -0.1) is 0 Å². The number of amides is 1. The first-order valence-corrected chi connectivity index (χ1v) is 8.47. The molecule has 4 heteroatoms. The number of rotatable bonds is 2. The number of hydrogen-bond donors (Lipinski definition) is 2. The molecule has 2 aromatic carbocycles. The zero-order valence-electron chi connectivity index (χ0n) is 13.9. The summed E-state index contributed by atoms with van der Waals surface area (Å²) in [5.41, 5.74) is 0.912. The molecule has 0 heterocycles. The Morgan fingerprint density at radius 2 is 1.64 bits per heavy atom. The summed E-state index contributed by atoms with van der Waals surface area (Å²) in [6.07, 6.45) is 4.61. The molecule has 2 N–H and O–H groups in total. The van der Waals surface area contributed by atoms with Crippen LogP contribution in [-0.2, 0) is 0 Å². The Morgan fingerprint density at radius 3 is 2.28 bits per heavy atom. The standard InChI is InChI=1S/C21H20FNO2/c22-18-8-10-19(11-9-18)23-20(24)17-6-4-16(5-7-17)12-15-21(25)13-2-1-3-14-21/h4-11,25H,1-3,13-14H2,(H,23,24). The van der Waals surface area contributed by atoms with E-state index in [-0.39, 0.29) is 11.7 Å². The van der Waals surface area contributed by atoms with Crippen molar-refractivity contribution in [1.29, 1.82) is 0 Å². The van der Waals surface area contributed by atoms with Crippen LogP contribution >= 0.6 is 0 Å². The average Bonchev–Trinajstić information content (AvgIpc) is 2.63. The second-order valence-corrected chi connectivity index (χ2v) is 6.38. The van der Waals surface area contributed by atoms with Gasteiger partial charge in [-0.1, -0.05) is 18.3 Å². The highest BCUT2D eigenvalue weighted by Crippen LogP contribution is 2.27. The molecule has 3 rings (SSSR count). The van der Waals surface area contributed by atoms with Gasteiger partial charge in [0.25, 0.3) is 5.91 Å².